The predicted molar refractivity (Wildman–Crippen MR) is 90.0 cm³/mol. The van der Waals surface area contributed by atoms with Gasteiger partial charge in [-0.1, -0.05) is 30.1 Å². The molecule has 2 rings (SSSR count). The zero-order valence-corrected chi connectivity index (χ0v) is 14.7. The molecule has 6 nitrogen and oxygen atoms in total. The van der Waals surface area contributed by atoms with E-state index in [9.17, 15) is 4.79 Å². The summed E-state index contributed by atoms with van der Waals surface area (Å²) in [5, 5.41) is 8.10. The molecule has 0 aliphatic rings. The van der Waals surface area contributed by atoms with Crippen molar-refractivity contribution in [2.24, 2.45) is 0 Å². The second kappa shape index (κ2) is 7.41. The van der Waals surface area contributed by atoms with Crippen LogP contribution in [-0.4, -0.2) is 44.6 Å². The molecule has 1 amide bonds. The van der Waals surface area contributed by atoms with Gasteiger partial charge in [0.25, 0.3) is 0 Å². The first-order chi connectivity index (χ1) is 10.5. The number of pyridine rings is 1. The molecule has 0 aliphatic heterocycles. The fourth-order valence-electron chi connectivity index (χ4n) is 2.05. The van der Waals surface area contributed by atoms with Crippen molar-refractivity contribution in [1.29, 1.82) is 0 Å². The van der Waals surface area contributed by atoms with Crippen LogP contribution in [-0.2, 0) is 11.5 Å². The highest BCUT2D eigenvalue weighted by molar-refractivity contribution is 7.71. The molecule has 0 spiro atoms. The van der Waals surface area contributed by atoms with Gasteiger partial charge in [0, 0.05) is 12.7 Å². The number of halogens is 2. The largest absolute Gasteiger partial charge is 0.355 e. The van der Waals surface area contributed by atoms with Gasteiger partial charge in [-0.25, -0.2) is 4.68 Å². The fourth-order valence-corrected chi connectivity index (χ4v) is 2.79. The molecule has 1 N–H and O–H groups in total. The van der Waals surface area contributed by atoms with E-state index in [2.05, 4.69) is 10.4 Å². The molecule has 2 aromatic rings. The third-order valence-corrected chi connectivity index (χ3v) is 4.02. The summed E-state index contributed by atoms with van der Waals surface area (Å²) in [6.07, 6.45) is 1.68. The number of likely N-dealkylation sites (N-methyl/N-ethyl adjacent to an activating group) is 2. The van der Waals surface area contributed by atoms with Crippen molar-refractivity contribution in [3.8, 4) is 0 Å². The van der Waals surface area contributed by atoms with Gasteiger partial charge in [0.2, 0.25) is 10.7 Å². The average Bonchev–Trinajstić information content (AvgIpc) is 2.76. The normalized spacial score (nSPS) is 11.3. The molecule has 9 heteroatoms. The van der Waals surface area contributed by atoms with Gasteiger partial charge in [-0.05, 0) is 31.8 Å². The summed E-state index contributed by atoms with van der Waals surface area (Å²) >= 11 is 17.5. The van der Waals surface area contributed by atoms with Crippen LogP contribution in [0.1, 0.15) is 13.8 Å². The molecular formula is C13H17Cl2N5OS. The van der Waals surface area contributed by atoms with E-state index in [1.165, 1.54) is 0 Å². The van der Waals surface area contributed by atoms with Crippen molar-refractivity contribution in [1.82, 2.24) is 24.4 Å². The Hall–Kier alpha value is -1.15. The summed E-state index contributed by atoms with van der Waals surface area (Å²) in [6.45, 7) is 5.86. The summed E-state index contributed by atoms with van der Waals surface area (Å²) in [5.74, 6) is -0.0271. The summed E-state index contributed by atoms with van der Waals surface area (Å²) in [4.78, 5) is 13.6. The van der Waals surface area contributed by atoms with Crippen LogP contribution in [0.25, 0.3) is 5.65 Å². The predicted octanol–water partition coefficient (Wildman–Crippen LogP) is 2.59. The number of amides is 1. The molecule has 2 aromatic heterocycles. The molecule has 0 bridgehead atoms. The van der Waals surface area contributed by atoms with E-state index in [0.29, 0.717) is 40.2 Å². The van der Waals surface area contributed by atoms with Crippen molar-refractivity contribution in [2.75, 3.05) is 19.6 Å². The molecule has 0 saturated heterocycles. The Morgan fingerprint density at radius 2 is 2.18 bits per heavy atom. The first-order valence-corrected chi connectivity index (χ1v) is 8.06. The minimum atomic E-state index is -0.0271. The van der Waals surface area contributed by atoms with Gasteiger partial charge in [-0.2, -0.15) is 0 Å². The minimum Gasteiger partial charge on any atom is -0.355 e. The number of aromatic nitrogens is 3. The molecule has 0 radical (unpaired) electrons. The maximum Gasteiger partial charge on any atom is 0.234 e. The number of rotatable bonds is 6. The molecule has 22 heavy (non-hydrogen) atoms. The topological polar surface area (TPSA) is 54.6 Å². The number of hydrogen-bond donors (Lipinski definition) is 1. The molecule has 0 aromatic carbocycles. The van der Waals surface area contributed by atoms with Crippen molar-refractivity contribution in [2.45, 2.75) is 20.5 Å². The Balaban J connectivity index is 2.27. The van der Waals surface area contributed by atoms with E-state index in [-0.39, 0.29) is 12.5 Å². The van der Waals surface area contributed by atoms with Crippen LogP contribution in [0.3, 0.4) is 0 Å². The van der Waals surface area contributed by atoms with E-state index in [1.54, 1.807) is 21.3 Å². The van der Waals surface area contributed by atoms with Crippen molar-refractivity contribution < 1.29 is 4.79 Å². The Kier molecular flexibility index (Phi) is 5.80. The first kappa shape index (κ1) is 17.2. The van der Waals surface area contributed by atoms with Gasteiger partial charge >= 0.3 is 0 Å². The maximum absolute atomic E-state index is 11.7. The van der Waals surface area contributed by atoms with Crippen molar-refractivity contribution in [3.05, 3.63) is 27.1 Å². The molecule has 2 heterocycles. The highest BCUT2D eigenvalue weighted by atomic mass is 35.5. The van der Waals surface area contributed by atoms with Gasteiger partial charge < -0.3 is 5.32 Å². The quantitative estimate of drug-likeness (QED) is 0.803. The number of carbonyl (C=O) groups is 1. The summed E-state index contributed by atoms with van der Waals surface area (Å²) < 4.78 is 3.78. The average molecular weight is 362 g/mol. The van der Waals surface area contributed by atoms with E-state index < -0.39 is 0 Å². The monoisotopic (exact) mass is 361 g/mol. The fraction of sp³-hybridized carbons (Fsp3) is 0.462. The second-order valence-electron chi connectivity index (χ2n) is 4.72. The lowest BCUT2D eigenvalue weighted by atomic mass is 10.5. The van der Waals surface area contributed by atoms with Crippen LogP contribution in [0, 0.1) is 4.77 Å². The molecule has 0 fully saturated rings. The summed E-state index contributed by atoms with van der Waals surface area (Å²) in [7, 11) is 0. The Bertz CT molecular complexity index is 742. The number of nitrogens with one attached hydrogen (secondary N) is 1. The Morgan fingerprint density at radius 1 is 1.45 bits per heavy atom. The van der Waals surface area contributed by atoms with Crippen LogP contribution in [0.15, 0.2) is 12.3 Å². The van der Waals surface area contributed by atoms with Crippen LogP contribution in [0.5, 0.6) is 0 Å². The Morgan fingerprint density at radius 3 is 2.82 bits per heavy atom. The number of carbonyl (C=O) groups excluding carboxylic acids is 1. The van der Waals surface area contributed by atoms with Crippen LogP contribution < -0.4 is 5.32 Å². The van der Waals surface area contributed by atoms with Crippen LogP contribution in [0.4, 0.5) is 0 Å². The molecular weight excluding hydrogens is 345 g/mol. The standard InChI is InChI=1S/C13H17Cl2N5OS/c1-3-16-11(21)7-18(4-2)8-20-13(22)19-6-9(14)5-10(15)12(19)17-20/h5-6H,3-4,7-8H2,1-2H3,(H,16,21). The molecule has 0 unspecified atom stereocenters. The van der Waals surface area contributed by atoms with Gasteiger partial charge in [0.05, 0.1) is 23.3 Å². The minimum absolute atomic E-state index is 0.0271. The van der Waals surface area contributed by atoms with Crippen molar-refractivity contribution >= 4 is 47.0 Å². The first-order valence-electron chi connectivity index (χ1n) is 6.89. The third kappa shape index (κ3) is 3.78. The lowest BCUT2D eigenvalue weighted by molar-refractivity contribution is -0.122. The molecule has 0 atom stereocenters. The molecule has 0 aliphatic carbocycles. The van der Waals surface area contributed by atoms with Crippen LogP contribution >= 0.6 is 35.4 Å². The lowest BCUT2D eigenvalue weighted by Gasteiger charge is -2.19. The van der Waals surface area contributed by atoms with E-state index in [1.807, 2.05) is 18.7 Å². The zero-order chi connectivity index (χ0) is 16.3. The number of nitrogens with zero attached hydrogens (tertiary/aromatic N) is 4. The lowest BCUT2D eigenvalue weighted by Crippen LogP contribution is -2.38. The number of fused-ring (bicyclic) bond motifs is 1. The zero-order valence-electron chi connectivity index (χ0n) is 12.3. The molecule has 120 valence electrons. The number of hydrogen-bond acceptors (Lipinski definition) is 4. The van der Waals surface area contributed by atoms with E-state index in [0.717, 1.165) is 0 Å². The highest BCUT2D eigenvalue weighted by Crippen LogP contribution is 2.21. The van der Waals surface area contributed by atoms with E-state index in [4.69, 9.17) is 35.4 Å². The van der Waals surface area contributed by atoms with E-state index >= 15 is 0 Å². The van der Waals surface area contributed by atoms with Gasteiger partial charge in [-0.15, -0.1) is 5.10 Å². The second-order valence-corrected chi connectivity index (χ2v) is 5.93. The van der Waals surface area contributed by atoms with Gasteiger partial charge in [0.15, 0.2) is 5.65 Å². The van der Waals surface area contributed by atoms with Crippen LogP contribution in [0.2, 0.25) is 10.0 Å². The Labute approximate surface area is 143 Å². The summed E-state index contributed by atoms with van der Waals surface area (Å²) in [5.41, 5.74) is 0.546. The smallest absolute Gasteiger partial charge is 0.234 e. The van der Waals surface area contributed by atoms with Crippen molar-refractivity contribution in [3.63, 3.8) is 0 Å². The molecule has 0 saturated carbocycles. The summed E-state index contributed by atoms with van der Waals surface area (Å²) in [6, 6.07) is 1.62. The maximum atomic E-state index is 11.7. The SMILES string of the molecule is CCNC(=O)CN(CC)Cn1nc2c(Cl)cc(Cl)cn2c1=S. The highest BCUT2D eigenvalue weighted by Gasteiger charge is 2.13. The third-order valence-electron chi connectivity index (χ3n) is 3.12. The van der Waals surface area contributed by atoms with Gasteiger partial charge in [-0.3, -0.25) is 14.1 Å². The van der Waals surface area contributed by atoms with Gasteiger partial charge in [0.1, 0.15) is 0 Å².